The zero-order valence-corrected chi connectivity index (χ0v) is 14.1. The Kier molecular flexibility index (Phi) is 4.50. The van der Waals surface area contributed by atoms with Crippen molar-refractivity contribution in [3.8, 4) is 22.6 Å². The number of hydrogen-bond acceptors (Lipinski definition) is 4. The van der Waals surface area contributed by atoms with Gasteiger partial charge in [0, 0.05) is 16.8 Å². The van der Waals surface area contributed by atoms with Crippen molar-refractivity contribution in [1.29, 1.82) is 0 Å². The number of halogens is 1. The molecule has 2 heterocycles. The molecular weight excluding hydrogens is 338 g/mol. The van der Waals surface area contributed by atoms with Crippen LogP contribution in [-0.2, 0) is 6.42 Å². The first kappa shape index (κ1) is 17.0. The molecule has 0 fully saturated rings. The van der Waals surface area contributed by atoms with E-state index in [1.807, 2.05) is 13.0 Å². The lowest BCUT2D eigenvalue weighted by atomic mass is 9.94. The number of carboxylic acid groups (broad SMARTS) is 1. The number of nitrogens with one attached hydrogen (secondary N) is 1. The van der Waals surface area contributed by atoms with Crippen molar-refractivity contribution < 1.29 is 9.90 Å². The molecule has 0 saturated heterocycles. The molecule has 2 radical (unpaired) electrons. The van der Waals surface area contributed by atoms with Crippen LogP contribution in [-0.4, -0.2) is 33.9 Å². The third kappa shape index (κ3) is 3.23. The number of nitrogens with two attached hydrogens (primary N) is 1. The van der Waals surface area contributed by atoms with E-state index in [-0.39, 0.29) is 11.5 Å². The lowest BCUT2D eigenvalue weighted by molar-refractivity contribution is 0.0698. The molecule has 1 aromatic carbocycles. The van der Waals surface area contributed by atoms with Crippen molar-refractivity contribution in [2.75, 3.05) is 5.73 Å². The van der Waals surface area contributed by atoms with Crippen molar-refractivity contribution in [2.45, 2.75) is 13.3 Å². The normalized spacial score (nSPS) is 10.8. The maximum Gasteiger partial charge on any atom is 0.337 e. The van der Waals surface area contributed by atoms with E-state index in [0.717, 1.165) is 17.5 Å². The van der Waals surface area contributed by atoms with E-state index >= 15 is 0 Å². The molecule has 3 rings (SSSR count). The Labute approximate surface area is 150 Å². The van der Waals surface area contributed by atoms with Gasteiger partial charge >= 0.3 is 5.97 Å². The van der Waals surface area contributed by atoms with Crippen molar-refractivity contribution in [3.63, 3.8) is 0 Å². The van der Waals surface area contributed by atoms with Gasteiger partial charge in [0.15, 0.2) is 0 Å². The Morgan fingerprint density at radius 3 is 2.84 bits per heavy atom. The molecule has 0 aliphatic rings. The first-order valence-electron chi connectivity index (χ1n) is 7.54. The van der Waals surface area contributed by atoms with Crippen LogP contribution < -0.4 is 11.2 Å². The minimum Gasteiger partial charge on any atom is -0.478 e. The lowest BCUT2D eigenvalue weighted by Crippen LogP contribution is -2.12. The minimum absolute atomic E-state index is 0.0502. The summed E-state index contributed by atoms with van der Waals surface area (Å²) < 4.78 is 0. The summed E-state index contributed by atoms with van der Waals surface area (Å²) in [5, 5.41) is 10.1. The number of nitrogen functional groups attached to an aromatic ring is 1. The van der Waals surface area contributed by atoms with Crippen molar-refractivity contribution in [2.24, 2.45) is 0 Å². The van der Waals surface area contributed by atoms with E-state index in [4.69, 9.17) is 25.2 Å². The summed E-state index contributed by atoms with van der Waals surface area (Å²) in [4.78, 5) is 22.8. The minimum atomic E-state index is -1.07. The Hall–Kier alpha value is -2.80. The number of H-pyrrole nitrogens is 1. The van der Waals surface area contributed by atoms with E-state index in [1.54, 1.807) is 12.1 Å². The third-order valence-electron chi connectivity index (χ3n) is 3.86. The smallest absolute Gasteiger partial charge is 0.337 e. The number of hydrogen-bond donors (Lipinski definition) is 3. The number of nitrogens with zero attached hydrogens (tertiary/aromatic N) is 2. The van der Waals surface area contributed by atoms with Crippen molar-refractivity contribution >= 4 is 36.8 Å². The summed E-state index contributed by atoms with van der Waals surface area (Å²) in [6.07, 6.45) is 2.11. The molecule has 0 saturated carbocycles. The summed E-state index contributed by atoms with van der Waals surface area (Å²) in [7, 11) is 5.91. The van der Waals surface area contributed by atoms with Crippen LogP contribution in [0.1, 0.15) is 22.8 Å². The predicted molar refractivity (Wildman–Crippen MR) is 98.4 cm³/mol. The van der Waals surface area contributed by atoms with Gasteiger partial charge in [-0.25, -0.2) is 14.8 Å². The number of aromatic amines is 1. The molecule has 25 heavy (non-hydrogen) atoms. The molecule has 0 spiro atoms. The van der Waals surface area contributed by atoms with E-state index < -0.39 is 5.97 Å². The van der Waals surface area contributed by atoms with Crippen LogP contribution in [0.5, 0.6) is 0 Å². The van der Waals surface area contributed by atoms with Gasteiger partial charge in [-0.05, 0) is 30.2 Å². The standard InChI is InChI=1S/C17H14BClN4O2/c1-2-8-3-4-9(19)5-10(8)14-11(16(24)25)6-13(22-14)15-12(18)7-21-17(20)23-15/h3-7,22H,2H2,1H3,(H,24,25)(H2,20,21,23). The summed E-state index contributed by atoms with van der Waals surface area (Å²) in [6, 6.07) is 6.87. The van der Waals surface area contributed by atoms with Crippen LogP contribution in [0.2, 0.25) is 5.02 Å². The molecule has 0 amide bonds. The summed E-state index contributed by atoms with van der Waals surface area (Å²) in [6.45, 7) is 1.99. The fourth-order valence-electron chi connectivity index (χ4n) is 2.67. The highest BCUT2D eigenvalue weighted by molar-refractivity contribution is 6.35. The highest BCUT2D eigenvalue weighted by Gasteiger charge is 2.20. The lowest BCUT2D eigenvalue weighted by Gasteiger charge is -2.09. The molecule has 6 nitrogen and oxygen atoms in total. The molecule has 0 aliphatic heterocycles. The predicted octanol–water partition coefficient (Wildman–Crippen LogP) is 2.43. The second kappa shape index (κ2) is 6.60. The van der Waals surface area contributed by atoms with Crippen molar-refractivity contribution in [3.05, 3.63) is 46.6 Å². The number of aromatic carboxylic acids is 1. The molecule has 124 valence electrons. The Morgan fingerprint density at radius 1 is 1.40 bits per heavy atom. The number of carboxylic acids is 1. The Morgan fingerprint density at radius 2 is 2.16 bits per heavy atom. The van der Waals surface area contributed by atoms with E-state index in [0.29, 0.717) is 27.6 Å². The summed E-state index contributed by atoms with van der Waals surface area (Å²) in [5.74, 6) is -1.02. The van der Waals surface area contributed by atoms with Gasteiger partial charge in [0.2, 0.25) is 5.95 Å². The molecule has 0 atom stereocenters. The average Bonchev–Trinajstić information content (AvgIpc) is 3.02. The van der Waals surface area contributed by atoms with E-state index in [1.165, 1.54) is 12.3 Å². The molecular formula is C17H14BClN4O2. The molecule has 0 aliphatic carbocycles. The largest absolute Gasteiger partial charge is 0.478 e. The molecule has 4 N–H and O–H groups in total. The highest BCUT2D eigenvalue weighted by Crippen LogP contribution is 2.32. The van der Waals surface area contributed by atoms with Gasteiger partial charge < -0.3 is 15.8 Å². The number of rotatable bonds is 4. The molecule has 2 aromatic heterocycles. The van der Waals surface area contributed by atoms with Crippen LogP contribution in [0.4, 0.5) is 5.95 Å². The van der Waals surface area contributed by atoms with Crippen LogP contribution >= 0.6 is 11.6 Å². The van der Waals surface area contributed by atoms with Gasteiger partial charge in [0.25, 0.3) is 0 Å². The Balaban J connectivity index is 2.25. The fraction of sp³-hybridized carbons (Fsp3) is 0.118. The highest BCUT2D eigenvalue weighted by atomic mass is 35.5. The fourth-order valence-corrected chi connectivity index (χ4v) is 2.85. The topological polar surface area (TPSA) is 105 Å². The first-order chi connectivity index (χ1) is 11.9. The number of anilines is 1. The van der Waals surface area contributed by atoms with Crippen LogP contribution in [0.15, 0.2) is 30.5 Å². The van der Waals surface area contributed by atoms with Gasteiger partial charge in [-0.15, -0.1) is 0 Å². The maximum atomic E-state index is 11.7. The molecule has 0 bridgehead atoms. The number of carbonyl (C=O) groups is 1. The summed E-state index contributed by atoms with van der Waals surface area (Å²) >= 11 is 6.11. The second-order valence-electron chi connectivity index (χ2n) is 5.46. The third-order valence-corrected chi connectivity index (χ3v) is 4.10. The zero-order valence-electron chi connectivity index (χ0n) is 13.4. The van der Waals surface area contributed by atoms with Crippen LogP contribution in [0.25, 0.3) is 22.6 Å². The Bertz CT molecular complexity index is 971. The number of aryl methyl sites for hydroxylation is 1. The van der Waals surface area contributed by atoms with E-state index in [9.17, 15) is 9.90 Å². The van der Waals surface area contributed by atoms with Gasteiger partial charge in [0.1, 0.15) is 7.85 Å². The first-order valence-corrected chi connectivity index (χ1v) is 7.92. The second-order valence-corrected chi connectivity index (χ2v) is 5.90. The van der Waals surface area contributed by atoms with E-state index in [2.05, 4.69) is 15.0 Å². The van der Waals surface area contributed by atoms with Crippen molar-refractivity contribution in [1.82, 2.24) is 15.0 Å². The molecule has 3 aromatic rings. The molecule has 8 heteroatoms. The van der Waals surface area contributed by atoms with Gasteiger partial charge in [-0.1, -0.05) is 30.1 Å². The monoisotopic (exact) mass is 352 g/mol. The quantitative estimate of drug-likeness (QED) is 0.625. The number of benzene rings is 1. The maximum absolute atomic E-state index is 11.7. The zero-order chi connectivity index (χ0) is 18.1. The van der Waals surface area contributed by atoms with Crippen LogP contribution in [0.3, 0.4) is 0 Å². The number of aromatic nitrogens is 3. The van der Waals surface area contributed by atoms with Gasteiger partial charge in [0.05, 0.1) is 22.6 Å². The van der Waals surface area contributed by atoms with Gasteiger partial charge in [-0.2, -0.15) is 0 Å². The SMILES string of the molecule is [B]c1cnc(N)nc1-c1cc(C(=O)O)c(-c2cc(Cl)ccc2CC)[nH]1. The van der Waals surface area contributed by atoms with Gasteiger partial charge in [-0.3, -0.25) is 0 Å². The molecule has 0 unspecified atom stereocenters. The summed E-state index contributed by atoms with van der Waals surface area (Å²) in [5.41, 5.74) is 8.94. The van der Waals surface area contributed by atoms with Crippen LogP contribution in [0, 0.1) is 0 Å². The average molecular weight is 353 g/mol.